The van der Waals surface area contributed by atoms with Crippen molar-refractivity contribution in [3.8, 4) is 0 Å². The number of nitrogens with zero attached hydrogens (tertiary/aromatic N) is 4. The minimum Gasteiger partial charge on any atom is -0.320 e. The summed E-state index contributed by atoms with van der Waals surface area (Å²) in [5.41, 5.74) is 3.34. The summed E-state index contributed by atoms with van der Waals surface area (Å²) in [4.78, 5) is 14.6. The number of fused-ring (bicyclic) bond motifs is 1. The first-order valence-corrected chi connectivity index (χ1v) is 9.64. The number of benzene rings is 2. The zero-order valence-corrected chi connectivity index (χ0v) is 15.9. The van der Waals surface area contributed by atoms with Gasteiger partial charge in [0, 0.05) is 37.1 Å². The van der Waals surface area contributed by atoms with Crippen LogP contribution in [0.15, 0.2) is 54.9 Å². The Balaban J connectivity index is 1.51. The molecule has 1 aliphatic heterocycles. The smallest absolute Gasteiger partial charge is 0.258 e. The molecule has 1 saturated carbocycles. The fraction of sp³-hybridized carbons (Fsp3) is 0.318. The molecular weight excluding hydrogens is 374 g/mol. The van der Waals surface area contributed by atoms with Crippen molar-refractivity contribution in [2.75, 3.05) is 4.90 Å². The van der Waals surface area contributed by atoms with Gasteiger partial charge in [0.1, 0.15) is 12.2 Å². The maximum Gasteiger partial charge on any atom is 0.258 e. The van der Waals surface area contributed by atoms with Crippen LogP contribution >= 0.6 is 0 Å². The molecule has 1 atom stereocenters. The van der Waals surface area contributed by atoms with Crippen molar-refractivity contribution in [3.63, 3.8) is 0 Å². The first-order chi connectivity index (χ1) is 13.9. The number of aromatic nitrogens is 3. The molecule has 1 aliphatic carbocycles. The summed E-state index contributed by atoms with van der Waals surface area (Å²) in [6, 6.07) is 15.2. The normalized spacial score (nSPS) is 19.1. The summed E-state index contributed by atoms with van der Waals surface area (Å²) in [6.07, 6.45) is 1.26. The quantitative estimate of drug-likeness (QED) is 0.668. The molecule has 0 radical (unpaired) electrons. The fourth-order valence-electron chi connectivity index (χ4n) is 4.50. The highest BCUT2D eigenvalue weighted by Crippen LogP contribution is 2.51. The Morgan fingerprint density at radius 1 is 1.14 bits per heavy atom. The maximum atomic E-state index is 13.6. The summed E-state index contributed by atoms with van der Waals surface area (Å²) >= 11 is 0. The Morgan fingerprint density at radius 2 is 1.93 bits per heavy atom. The van der Waals surface area contributed by atoms with Crippen LogP contribution in [0.3, 0.4) is 0 Å². The third kappa shape index (κ3) is 3.01. The van der Waals surface area contributed by atoms with Crippen molar-refractivity contribution in [3.05, 3.63) is 77.4 Å². The van der Waals surface area contributed by atoms with Gasteiger partial charge in [-0.25, -0.2) is 8.78 Å². The summed E-state index contributed by atoms with van der Waals surface area (Å²) in [6.45, 7) is 0.509. The van der Waals surface area contributed by atoms with Crippen LogP contribution in [0.5, 0.6) is 0 Å². The van der Waals surface area contributed by atoms with E-state index in [1.165, 1.54) is 0 Å². The number of alkyl halides is 2. The van der Waals surface area contributed by atoms with Gasteiger partial charge in [0.25, 0.3) is 5.91 Å². The van der Waals surface area contributed by atoms with Crippen molar-refractivity contribution in [1.82, 2.24) is 14.8 Å². The number of anilines is 1. The van der Waals surface area contributed by atoms with Gasteiger partial charge in [-0.3, -0.25) is 4.79 Å². The van der Waals surface area contributed by atoms with Crippen LogP contribution in [-0.4, -0.2) is 26.6 Å². The van der Waals surface area contributed by atoms with Crippen molar-refractivity contribution in [2.45, 2.75) is 31.2 Å². The second-order valence-corrected chi connectivity index (χ2v) is 7.95. The zero-order valence-electron chi connectivity index (χ0n) is 15.9. The third-order valence-electron chi connectivity index (χ3n) is 5.98. The van der Waals surface area contributed by atoms with Crippen molar-refractivity contribution >= 4 is 11.6 Å². The van der Waals surface area contributed by atoms with E-state index in [1.54, 1.807) is 15.8 Å². The van der Waals surface area contributed by atoms with Crippen LogP contribution in [0.4, 0.5) is 14.5 Å². The van der Waals surface area contributed by atoms with Gasteiger partial charge < -0.3 is 9.47 Å². The maximum absolute atomic E-state index is 13.6. The van der Waals surface area contributed by atoms with Crippen LogP contribution in [0.1, 0.15) is 46.1 Å². The summed E-state index contributed by atoms with van der Waals surface area (Å²) in [5.74, 6) is -2.50. The lowest BCUT2D eigenvalue weighted by molar-refractivity contribution is -0.114. The molecule has 0 N–H and O–H groups in total. The molecule has 2 heterocycles. The van der Waals surface area contributed by atoms with Gasteiger partial charge in [0.15, 0.2) is 0 Å². The van der Waals surface area contributed by atoms with E-state index in [9.17, 15) is 13.6 Å². The molecule has 7 heteroatoms. The van der Waals surface area contributed by atoms with Crippen LogP contribution < -0.4 is 4.90 Å². The number of carbonyl (C=O) groups excluding carboxylic acids is 1. The van der Waals surface area contributed by atoms with E-state index < -0.39 is 5.92 Å². The Kier molecular flexibility index (Phi) is 4.01. The monoisotopic (exact) mass is 394 g/mol. The third-order valence-corrected chi connectivity index (χ3v) is 5.98. The van der Waals surface area contributed by atoms with Gasteiger partial charge >= 0.3 is 0 Å². The van der Waals surface area contributed by atoms with Gasteiger partial charge in [0.05, 0.1) is 6.54 Å². The molecule has 2 aromatic carbocycles. The number of aryl methyl sites for hydroxylation is 1. The van der Waals surface area contributed by atoms with Crippen molar-refractivity contribution in [1.29, 1.82) is 0 Å². The molecule has 5 rings (SSSR count). The van der Waals surface area contributed by atoms with Crippen LogP contribution in [0.25, 0.3) is 0 Å². The van der Waals surface area contributed by atoms with E-state index in [0.29, 0.717) is 17.9 Å². The molecule has 1 fully saturated rings. The number of amides is 1. The minimum atomic E-state index is -2.62. The molecular formula is C22H20F2N4O. The van der Waals surface area contributed by atoms with E-state index in [-0.39, 0.29) is 30.6 Å². The van der Waals surface area contributed by atoms with Gasteiger partial charge in [-0.2, -0.15) is 0 Å². The van der Waals surface area contributed by atoms with E-state index in [1.807, 2.05) is 55.6 Å². The van der Waals surface area contributed by atoms with Gasteiger partial charge in [-0.15, -0.1) is 10.2 Å². The molecule has 0 bridgehead atoms. The predicted octanol–water partition coefficient (Wildman–Crippen LogP) is 4.15. The summed E-state index contributed by atoms with van der Waals surface area (Å²) in [5, 5.41) is 8.15. The first-order valence-electron chi connectivity index (χ1n) is 9.64. The molecule has 1 amide bonds. The van der Waals surface area contributed by atoms with Gasteiger partial charge in [-0.05, 0) is 35.2 Å². The van der Waals surface area contributed by atoms with Gasteiger partial charge in [-0.1, -0.05) is 30.3 Å². The molecule has 29 heavy (non-hydrogen) atoms. The van der Waals surface area contributed by atoms with Crippen LogP contribution in [0.2, 0.25) is 0 Å². The number of carbonyl (C=O) groups is 1. The molecule has 1 aromatic heterocycles. The zero-order chi connectivity index (χ0) is 20.2. The molecule has 0 saturated heterocycles. The van der Waals surface area contributed by atoms with E-state index in [4.69, 9.17) is 0 Å². The minimum absolute atomic E-state index is 0.0388. The van der Waals surface area contributed by atoms with Crippen LogP contribution in [0, 0.1) is 5.92 Å². The molecule has 3 aromatic rings. The molecule has 0 spiro atoms. The Morgan fingerprint density at radius 3 is 2.62 bits per heavy atom. The van der Waals surface area contributed by atoms with E-state index in [0.717, 1.165) is 16.8 Å². The van der Waals surface area contributed by atoms with E-state index >= 15 is 0 Å². The molecule has 148 valence electrons. The number of rotatable bonds is 4. The van der Waals surface area contributed by atoms with E-state index in [2.05, 4.69) is 10.2 Å². The van der Waals surface area contributed by atoms with Crippen molar-refractivity contribution in [2.24, 2.45) is 13.0 Å². The first kappa shape index (κ1) is 18.0. The van der Waals surface area contributed by atoms with Crippen molar-refractivity contribution < 1.29 is 13.6 Å². The molecule has 2 aliphatic rings. The summed E-state index contributed by atoms with van der Waals surface area (Å²) < 4.78 is 29.1. The van der Waals surface area contributed by atoms with Crippen LogP contribution in [-0.2, 0) is 13.6 Å². The Bertz CT molecular complexity index is 1090. The average Bonchev–Trinajstić information content (AvgIpc) is 3.25. The standard InChI is InChI=1S/C22H20F2N4O/c1-27-13-25-26-20(27)19(16-10-22(23,24)11-16)14-6-4-7-17(9-14)28-12-15-5-2-3-8-18(15)21(28)29/h2-9,13,16,19H,10-12H2,1H3. The lowest BCUT2D eigenvalue weighted by Gasteiger charge is -2.40. The highest BCUT2D eigenvalue weighted by Gasteiger charge is 2.50. The Labute approximate surface area is 167 Å². The predicted molar refractivity (Wildman–Crippen MR) is 104 cm³/mol. The number of halogens is 2. The second kappa shape index (κ2) is 6.47. The second-order valence-electron chi connectivity index (χ2n) is 7.95. The van der Waals surface area contributed by atoms with Gasteiger partial charge in [0.2, 0.25) is 5.92 Å². The molecule has 1 unspecified atom stereocenters. The fourth-order valence-corrected chi connectivity index (χ4v) is 4.50. The lowest BCUT2D eigenvalue weighted by atomic mass is 9.70. The molecule has 5 nitrogen and oxygen atoms in total. The average molecular weight is 394 g/mol. The SMILES string of the molecule is Cn1cnnc1C(c1cccc(N2Cc3ccccc3C2=O)c1)C1CC(F)(F)C1. The topological polar surface area (TPSA) is 51.0 Å². The number of hydrogen-bond acceptors (Lipinski definition) is 3. The highest BCUT2D eigenvalue weighted by atomic mass is 19.3. The number of hydrogen-bond donors (Lipinski definition) is 0. The Hall–Kier alpha value is -3.09. The lowest BCUT2D eigenvalue weighted by Crippen LogP contribution is -2.39. The largest absolute Gasteiger partial charge is 0.320 e. The summed E-state index contributed by atoms with van der Waals surface area (Å²) in [7, 11) is 1.82. The highest BCUT2D eigenvalue weighted by molar-refractivity contribution is 6.10.